The van der Waals surface area contributed by atoms with Gasteiger partial charge in [0, 0.05) is 6.42 Å². The van der Waals surface area contributed by atoms with E-state index in [1.54, 1.807) is 38.1 Å². The minimum atomic E-state index is -0.895. The van der Waals surface area contributed by atoms with Crippen molar-refractivity contribution in [3.8, 4) is 0 Å². The molecule has 7 heteroatoms. The lowest BCUT2D eigenvalue weighted by molar-refractivity contribution is -0.137. The molecule has 0 amide bonds. The lowest BCUT2D eigenvalue weighted by Crippen LogP contribution is -2.16. The number of rotatable bonds is 9. The number of esters is 1. The summed E-state index contributed by atoms with van der Waals surface area (Å²) in [6.07, 6.45) is 0.266. The first-order chi connectivity index (χ1) is 11.8. The van der Waals surface area contributed by atoms with Crippen molar-refractivity contribution >= 4 is 18.1 Å². The minimum absolute atomic E-state index is 0.144. The summed E-state index contributed by atoms with van der Waals surface area (Å²) in [5, 5.41) is 8.68. The van der Waals surface area contributed by atoms with Gasteiger partial charge in [0.05, 0.1) is 11.7 Å². The highest BCUT2D eigenvalue weighted by Gasteiger charge is 2.11. The number of ether oxygens (including phenoxy) is 3. The molecule has 1 aromatic rings. The molecule has 0 bridgehead atoms. The molecule has 0 fully saturated rings. The largest absolute Gasteiger partial charge is 0.511 e. The zero-order chi connectivity index (χ0) is 18.8. The molecular formula is C18H24O7. The van der Waals surface area contributed by atoms with Crippen LogP contribution in [-0.2, 0) is 25.4 Å². The number of hydrogen-bond acceptors (Lipinski definition) is 6. The van der Waals surface area contributed by atoms with E-state index in [0.717, 1.165) is 12.0 Å². The van der Waals surface area contributed by atoms with Crippen LogP contribution in [0.1, 0.15) is 49.5 Å². The van der Waals surface area contributed by atoms with E-state index in [-0.39, 0.29) is 18.4 Å². The molecule has 0 spiro atoms. The molecule has 0 aliphatic rings. The van der Waals surface area contributed by atoms with Gasteiger partial charge in [-0.3, -0.25) is 4.79 Å². The third kappa shape index (κ3) is 8.74. The van der Waals surface area contributed by atoms with Gasteiger partial charge in [-0.05, 0) is 50.3 Å². The first-order valence-corrected chi connectivity index (χ1v) is 8.09. The first kappa shape index (κ1) is 20.5. The zero-order valence-electron chi connectivity index (χ0n) is 14.7. The second-order valence-corrected chi connectivity index (χ2v) is 6.05. The van der Waals surface area contributed by atoms with E-state index < -0.39 is 24.9 Å². The van der Waals surface area contributed by atoms with E-state index >= 15 is 0 Å². The number of benzene rings is 1. The lowest BCUT2D eigenvalue weighted by Gasteiger charge is -2.11. The Balaban J connectivity index is 2.40. The Labute approximate surface area is 146 Å². The smallest absolute Gasteiger partial charge is 0.481 e. The van der Waals surface area contributed by atoms with E-state index in [2.05, 4.69) is 4.74 Å². The quantitative estimate of drug-likeness (QED) is 0.537. The number of carboxylic acid groups (broad SMARTS) is 1. The molecule has 0 saturated heterocycles. The fourth-order valence-corrected chi connectivity index (χ4v) is 2.09. The first-order valence-electron chi connectivity index (χ1n) is 8.09. The van der Waals surface area contributed by atoms with Crippen LogP contribution in [0.4, 0.5) is 4.79 Å². The normalized spacial score (nSPS) is 11.7. The fourth-order valence-electron chi connectivity index (χ4n) is 2.09. The van der Waals surface area contributed by atoms with E-state index in [1.807, 2.05) is 6.92 Å². The summed E-state index contributed by atoms with van der Waals surface area (Å²) < 4.78 is 14.2. The van der Waals surface area contributed by atoms with Crippen molar-refractivity contribution in [2.24, 2.45) is 5.92 Å². The molecular weight excluding hydrogens is 328 g/mol. The highest BCUT2D eigenvalue weighted by molar-refractivity contribution is 5.89. The summed E-state index contributed by atoms with van der Waals surface area (Å²) in [6, 6.07) is 6.82. The Kier molecular flexibility index (Phi) is 8.46. The Bertz CT molecular complexity index is 578. The van der Waals surface area contributed by atoms with Crippen LogP contribution >= 0.6 is 0 Å². The lowest BCUT2D eigenvalue weighted by atomic mass is 9.96. The number of carbonyl (C=O) groups is 3. The van der Waals surface area contributed by atoms with Gasteiger partial charge in [0.2, 0.25) is 6.79 Å². The summed E-state index contributed by atoms with van der Waals surface area (Å²) in [7, 11) is 0. The van der Waals surface area contributed by atoms with Crippen LogP contribution in [0.3, 0.4) is 0 Å². The SMILES string of the molecule is CC(CCC(=O)O)Cc1ccc(C(=O)OCOC(=O)OC(C)C)cc1. The van der Waals surface area contributed by atoms with Crippen molar-refractivity contribution in [2.45, 2.75) is 46.1 Å². The molecule has 1 N–H and O–H groups in total. The molecule has 7 nitrogen and oxygen atoms in total. The van der Waals surface area contributed by atoms with Gasteiger partial charge in [-0.1, -0.05) is 19.1 Å². The van der Waals surface area contributed by atoms with Gasteiger partial charge in [-0.15, -0.1) is 0 Å². The van der Waals surface area contributed by atoms with Gasteiger partial charge in [0.25, 0.3) is 0 Å². The van der Waals surface area contributed by atoms with E-state index in [4.69, 9.17) is 14.6 Å². The number of hydrogen-bond donors (Lipinski definition) is 1. The van der Waals surface area contributed by atoms with Crippen molar-refractivity contribution in [3.63, 3.8) is 0 Å². The average molecular weight is 352 g/mol. The van der Waals surface area contributed by atoms with Crippen LogP contribution in [0.15, 0.2) is 24.3 Å². The third-order valence-electron chi connectivity index (χ3n) is 3.32. The molecule has 0 heterocycles. The molecule has 1 unspecified atom stereocenters. The van der Waals surface area contributed by atoms with Gasteiger partial charge in [-0.25, -0.2) is 9.59 Å². The van der Waals surface area contributed by atoms with E-state index in [0.29, 0.717) is 12.0 Å². The maximum Gasteiger partial charge on any atom is 0.511 e. The van der Waals surface area contributed by atoms with Crippen molar-refractivity contribution < 1.29 is 33.7 Å². The van der Waals surface area contributed by atoms with Crippen LogP contribution in [0.25, 0.3) is 0 Å². The van der Waals surface area contributed by atoms with Crippen molar-refractivity contribution in [3.05, 3.63) is 35.4 Å². The Morgan fingerprint density at radius 2 is 1.68 bits per heavy atom. The summed E-state index contributed by atoms with van der Waals surface area (Å²) in [5.41, 5.74) is 1.34. The molecule has 25 heavy (non-hydrogen) atoms. The molecule has 1 aromatic carbocycles. The van der Waals surface area contributed by atoms with Crippen molar-refractivity contribution in [1.29, 1.82) is 0 Å². The minimum Gasteiger partial charge on any atom is -0.481 e. The summed E-state index contributed by atoms with van der Waals surface area (Å²) in [4.78, 5) is 33.5. The molecule has 0 aliphatic heterocycles. The summed E-state index contributed by atoms with van der Waals surface area (Å²) in [6.45, 7) is 4.83. The predicted octanol–water partition coefficient (Wildman–Crippen LogP) is 3.41. The molecule has 1 atom stereocenters. The van der Waals surface area contributed by atoms with Crippen molar-refractivity contribution in [1.82, 2.24) is 0 Å². The van der Waals surface area contributed by atoms with Gasteiger partial charge in [0.1, 0.15) is 0 Å². The Hall–Kier alpha value is -2.57. The van der Waals surface area contributed by atoms with E-state index in [9.17, 15) is 14.4 Å². The van der Waals surface area contributed by atoms with Crippen LogP contribution in [0.5, 0.6) is 0 Å². The highest BCUT2D eigenvalue weighted by Crippen LogP contribution is 2.15. The van der Waals surface area contributed by atoms with Crippen LogP contribution in [0, 0.1) is 5.92 Å². The summed E-state index contributed by atoms with van der Waals surface area (Å²) in [5.74, 6) is -1.18. The maximum atomic E-state index is 11.8. The monoisotopic (exact) mass is 352 g/mol. The van der Waals surface area contributed by atoms with Gasteiger partial charge < -0.3 is 19.3 Å². The molecule has 138 valence electrons. The standard InChI is InChI=1S/C18H24O7/c1-12(2)25-18(22)24-11-23-17(21)15-7-5-14(6-8-15)10-13(3)4-9-16(19)20/h5-8,12-13H,4,9-11H2,1-3H3,(H,19,20). The van der Waals surface area contributed by atoms with Gasteiger partial charge in [0.15, 0.2) is 0 Å². The van der Waals surface area contributed by atoms with Crippen LogP contribution in [0.2, 0.25) is 0 Å². The van der Waals surface area contributed by atoms with Gasteiger partial charge >= 0.3 is 18.1 Å². The average Bonchev–Trinajstić information content (AvgIpc) is 2.52. The third-order valence-corrected chi connectivity index (χ3v) is 3.32. The second-order valence-electron chi connectivity index (χ2n) is 6.05. The molecule has 0 radical (unpaired) electrons. The van der Waals surface area contributed by atoms with Crippen LogP contribution in [-0.4, -0.2) is 36.1 Å². The topological polar surface area (TPSA) is 99.1 Å². The summed E-state index contributed by atoms with van der Waals surface area (Å²) >= 11 is 0. The predicted molar refractivity (Wildman–Crippen MR) is 89.2 cm³/mol. The Morgan fingerprint density at radius 1 is 1.04 bits per heavy atom. The second kappa shape index (κ2) is 10.3. The Morgan fingerprint density at radius 3 is 2.24 bits per heavy atom. The number of aliphatic carboxylic acids is 1. The van der Waals surface area contributed by atoms with Gasteiger partial charge in [-0.2, -0.15) is 0 Å². The zero-order valence-corrected chi connectivity index (χ0v) is 14.7. The highest BCUT2D eigenvalue weighted by atomic mass is 16.8. The number of carboxylic acids is 1. The molecule has 0 aliphatic carbocycles. The van der Waals surface area contributed by atoms with E-state index in [1.165, 1.54) is 0 Å². The fraction of sp³-hybridized carbons (Fsp3) is 0.500. The molecule has 1 rings (SSSR count). The maximum absolute atomic E-state index is 11.8. The number of carbonyl (C=O) groups excluding carboxylic acids is 2. The van der Waals surface area contributed by atoms with Crippen molar-refractivity contribution in [2.75, 3.05) is 6.79 Å². The molecule has 0 aromatic heterocycles. The van der Waals surface area contributed by atoms with Crippen LogP contribution < -0.4 is 0 Å². The molecule has 0 saturated carbocycles.